The highest BCUT2D eigenvalue weighted by Gasteiger charge is 2.33. The minimum atomic E-state index is -0.683. The van der Waals surface area contributed by atoms with Crippen molar-refractivity contribution in [1.82, 2.24) is 14.7 Å². The number of hydrogen-bond donors (Lipinski definition) is 1. The van der Waals surface area contributed by atoms with Crippen LogP contribution >= 0.6 is 0 Å². The summed E-state index contributed by atoms with van der Waals surface area (Å²) in [7, 11) is 2.11. The molecule has 1 aromatic heterocycles. The molecule has 1 aromatic rings. The number of rotatable bonds is 2. The fourth-order valence-corrected chi connectivity index (χ4v) is 2.49. The Morgan fingerprint density at radius 3 is 3.00 bits per heavy atom. The van der Waals surface area contributed by atoms with Crippen LogP contribution in [-0.2, 0) is 12.1 Å². The quantitative estimate of drug-likeness (QED) is 0.819. The van der Waals surface area contributed by atoms with Gasteiger partial charge in [0.2, 0.25) is 0 Å². The largest absolute Gasteiger partial charge is 0.384 e. The van der Waals surface area contributed by atoms with Gasteiger partial charge in [0.15, 0.2) is 0 Å². The lowest BCUT2D eigenvalue weighted by Crippen LogP contribution is -2.30. The molecule has 90 valence electrons. The van der Waals surface area contributed by atoms with Crippen molar-refractivity contribution in [2.24, 2.45) is 0 Å². The third kappa shape index (κ3) is 2.13. The maximum atomic E-state index is 10.8. The van der Waals surface area contributed by atoms with Crippen LogP contribution in [0.1, 0.15) is 31.9 Å². The van der Waals surface area contributed by atoms with Crippen molar-refractivity contribution in [2.75, 3.05) is 20.1 Å². The van der Waals surface area contributed by atoms with Crippen molar-refractivity contribution in [3.05, 3.63) is 18.0 Å². The van der Waals surface area contributed by atoms with Gasteiger partial charge in [-0.2, -0.15) is 5.10 Å². The molecule has 1 saturated heterocycles. The van der Waals surface area contributed by atoms with Crippen LogP contribution in [0.2, 0.25) is 0 Å². The fraction of sp³-hybridized carbons (Fsp3) is 0.750. The average molecular weight is 223 g/mol. The highest BCUT2D eigenvalue weighted by molar-refractivity contribution is 5.12. The summed E-state index contributed by atoms with van der Waals surface area (Å²) in [5, 5.41) is 15.0. The average Bonchev–Trinajstić information content (AvgIpc) is 2.68. The van der Waals surface area contributed by atoms with Crippen molar-refractivity contribution in [2.45, 2.75) is 38.3 Å². The summed E-state index contributed by atoms with van der Waals surface area (Å²) < 4.78 is 1.91. The lowest BCUT2D eigenvalue weighted by Gasteiger charge is -2.27. The van der Waals surface area contributed by atoms with E-state index in [1.54, 1.807) is 6.20 Å². The monoisotopic (exact) mass is 223 g/mol. The van der Waals surface area contributed by atoms with Gasteiger partial charge < -0.3 is 10.0 Å². The van der Waals surface area contributed by atoms with Crippen LogP contribution in [0.25, 0.3) is 0 Å². The standard InChI is InChI=1S/C12H21N3O/c1-3-15-11(5-8-13-15)12(16)6-4-9-14(2)10-7-12/h5,8,16H,3-4,6-7,9-10H2,1-2H3. The van der Waals surface area contributed by atoms with Gasteiger partial charge in [-0.15, -0.1) is 0 Å². The highest BCUT2D eigenvalue weighted by atomic mass is 16.3. The lowest BCUT2D eigenvalue weighted by molar-refractivity contribution is 0.0131. The predicted octanol–water partition coefficient (Wildman–Crippen LogP) is 1.21. The van der Waals surface area contributed by atoms with Crippen LogP contribution in [0.3, 0.4) is 0 Å². The molecule has 0 spiro atoms. The molecule has 0 saturated carbocycles. The maximum Gasteiger partial charge on any atom is 0.107 e. The first kappa shape index (κ1) is 11.6. The Bertz CT molecular complexity index is 350. The summed E-state index contributed by atoms with van der Waals surface area (Å²) in [5.74, 6) is 0. The predicted molar refractivity (Wildman–Crippen MR) is 63.1 cm³/mol. The molecule has 1 aliphatic heterocycles. The van der Waals surface area contributed by atoms with Gasteiger partial charge in [-0.05, 0) is 45.8 Å². The molecular weight excluding hydrogens is 202 g/mol. The molecule has 4 heteroatoms. The van der Waals surface area contributed by atoms with Crippen LogP contribution in [0.15, 0.2) is 12.3 Å². The van der Waals surface area contributed by atoms with Crippen LogP contribution in [0.4, 0.5) is 0 Å². The van der Waals surface area contributed by atoms with Crippen molar-refractivity contribution < 1.29 is 5.11 Å². The molecule has 0 radical (unpaired) electrons. The van der Waals surface area contributed by atoms with Crippen molar-refractivity contribution in [3.63, 3.8) is 0 Å². The minimum absolute atomic E-state index is 0.683. The molecule has 1 aliphatic rings. The highest BCUT2D eigenvalue weighted by Crippen LogP contribution is 2.32. The molecule has 1 atom stereocenters. The van der Waals surface area contributed by atoms with E-state index in [2.05, 4.69) is 24.0 Å². The molecule has 2 rings (SSSR count). The summed E-state index contributed by atoms with van der Waals surface area (Å²) >= 11 is 0. The van der Waals surface area contributed by atoms with Gasteiger partial charge >= 0.3 is 0 Å². The minimum Gasteiger partial charge on any atom is -0.384 e. The van der Waals surface area contributed by atoms with Gasteiger partial charge in [0.1, 0.15) is 5.60 Å². The van der Waals surface area contributed by atoms with E-state index in [0.717, 1.165) is 44.6 Å². The number of likely N-dealkylation sites (tertiary alicyclic amines) is 1. The van der Waals surface area contributed by atoms with Crippen LogP contribution in [0, 0.1) is 0 Å². The van der Waals surface area contributed by atoms with E-state index in [-0.39, 0.29) is 0 Å². The molecular formula is C12H21N3O. The van der Waals surface area contributed by atoms with Crippen molar-refractivity contribution >= 4 is 0 Å². The first-order valence-electron chi connectivity index (χ1n) is 6.09. The fourth-order valence-electron chi connectivity index (χ4n) is 2.49. The molecule has 4 nitrogen and oxygen atoms in total. The van der Waals surface area contributed by atoms with Crippen molar-refractivity contribution in [1.29, 1.82) is 0 Å². The second kappa shape index (κ2) is 4.55. The SMILES string of the molecule is CCn1nccc1C1(O)CCCN(C)CC1. The molecule has 2 heterocycles. The number of aromatic nitrogens is 2. The van der Waals surface area contributed by atoms with Crippen molar-refractivity contribution in [3.8, 4) is 0 Å². The van der Waals surface area contributed by atoms with E-state index >= 15 is 0 Å². The smallest absolute Gasteiger partial charge is 0.107 e. The third-order valence-corrected chi connectivity index (χ3v) is 3.53. The van der Waals surface area contributed by atoms with Gasteiger partial charge in [-0.3, -0.25) is 4.68 Å². The van der Waals surface area contributed by atoms with E-state index in [9.17, 15) is 5.11 Å². The summed E-state index contributed by atoms with van der Waals surface area (Å²) in [6, 6.07) is 1.95. The molecule has 1 fully saturated rings. The number of nitrogens with zero attached hydrogens (tertiary/aromatic N) is 3. The molecule has 16 heavy (non-hydrogen) atoms. The van der Waals surface area contributed by atoms with Gasteiger partial charge in [0.05, 0.1) is 5.69 Å². The first-order valence-corrected chi connectivity index (χ1v) is 6.09. The topological polar surface area (TPSA) is 41.3 Å². The molecule has 1 unspecified atom stereocenters. The Morgan fingerprint density at radius 2 is 2.25 bits per heavy atom. The zero-order valence-electron chi connectivity index (χ0n) is 10.2. The van der Waals surface area contributed by atoms with E-state index in [1.807, 2.05) is 10.7 Å². The van der Waals surface area contributed by atoms with Crippen LogP contribution in [-0.4, -0.2) is 39.9 Å². The Balaban J connectivity index is 2.23. The summed E-state index contributed by atoms with van der Waals surface area (Å²) in [6.07, 6.45) is 4.46. The Morgan fingerprint density at radius 1 is 1.44 bits per heavy atom. The normalized spacial score (nSPS) is 27.9. The number of aliphatic hydroxyl groups is 1. The Labute approximate surface area is 96.9 Å². The molecule has 0 aromatic carbocycles. The summed E-state index contributed by atoms with van der Waals surface area (Å²) in [6.45, 7) is 4.90. The van der Waals surface area contributed by atoms with Gasteiger partial charge in [-0.1, -0.05) is 0 Å². The summed E-state index contributed by atoms with van der Waals surface area (Å²) in [4.78, 5) is 2.28. The second-order valence-electron chi connectivity index (χ2n) is 4.72. The first-order chi connectivity index (χ1) is 7.65. The molecule has 0 bridgehead atoms. The zero-order valence-corrected chi connectivity index (χ0v) is 10.2. The van der Waals surface area contributed by atoms with E-state index in [0.29, 0.717) is 0 Å². The molecule has 0 amide bonds. The van der Waals surface area contributed by atoms with Crippen LogP contribution in [0.5, 0.6) is 0 Å². The zero-order chi connectivity index (χ0) is 11.6. The van der Waals surface area contributed by atoms with Gasteiger partial charge in [0, 0.05) is 19.3 Å². The lowest BCUT2D eigenvalue weighted by atomic mass is 9.91. The Hall–Kier alpha value is -0.870. The maximum absolute atomic E-state index is 10.8. The van der Waals surface area contributed by atoms with Crippen LogP contribution < -0.4 is 0 Å². The molecule has 1 N–H and O–H groups in total. The van der Waals surface area contributed by atoms with E-state index < -0.39 is 5.60 Å². The van der Waals surface area contributed by atoms with E-state index in [4.69, 9.17) is 0 Å². The van der Waals surface area contributed by atoms with Gasteiger partial charge in [-0.25, -0.2) is 0 Å². The number of aryl methyl sites for hydroxylation is 1. The second-order valence-corrected chi connectivity index (χ2v) is 4.72. The van der Waals surface area contributed by atoms with Gasteiger partial charge in [0.25, 0.3) is 0 Å². The summed E-state index contributed by atoms with van der Waals surface area (Å²) in [5.41, 5.74) is 0.294. The van der Waals surface area contributed by atoms with E-state index in [1.165, 1.54) is 0 Å². The number of hydrogen-bond acceptors (Lipinski definition) is 3. The third-order valence-electron chi connectivity index (χ3n) is 3.53. The molecule has 0 aliphatic carbocycles. The Kier molecular flexibility index (Phi) is 3.30.